The SMILES string of the molecule is CCC(CC(O)CC1CC(CC)OC(c2ccc(OC3=C(/C=C/C4=[N+](CCCCS(=O)(=O)O)c5ccc6ccccc6c5C4(C)C)CCC/C3=C\C=C3\N(CCCCS(=O)(=O)O)c4ccc5ccccc5c4C3(C)C)cc2)O1)OC(C)=O. The molecule has 438 valence electrons. The van der Waals surface area contributed by atoms with Gasteiger partial charge in [0.2, 0.25) is 5.69 Å². The van der Waals surface area contributed by atoms with Gasteiger partial charge in [0.1, 0.15) is 24.2 Å². The van der Waals surface area contributed by atoms with E-state index in [4.69, 9.17) is 18.9 Å². The topological polar surface area (TPSA) is 189 Å². The summed E-state index contributed by atoms with van der Waals surface area (Å²) in [5.74, 6) is 0.359. The van der Waals surface area contributed by atoms with E-state index in [0.717, 1.165) is 92.5 Å². The Balaban J connectivity index is 1.10. The molecule has 9 rings (SSSR count). The van der Waals surface area contributed by atoms with Gasteiger partial charge >= 0.3 is 5.97 Å². The van der Waals surface area contributed by atoms with Gasteiger partial charge in [0.05, 0.1) is 35.2 Å². The van der Waals surface area contributed by atoms with Crippen molar-refractivity contribution in [3.8, 4) is 5.75 Å². The molecule has 3 heterocycles. The first kappa shape index (κ1) is 60.6. The van der Waals surface area contributed by atoms with Crippen LogP contribution in [0.25, 0.3) is 21.5 Å². The van der Waals surface area contributed by atoms with E-state index >= 15 is 0 Å². The first-order chi connectivity index (χ1) is 39.0. The van der Waals surface area contributed by atoms with Crippen molar-refractivity contribution in [1.29, 1.82) is 0 Å². The molecule has 4 aliphatic rings. The maximum Gasteiger partial charge on any atom is 0.302 e. The maximum atomic E-state index is 11.8. The van der Waals surface area contributed by atoms with Crippen LogP contribution in [-0.4, -0.2) is 96.3 Å². The molecule has 1 saturated heterocycles. The zero-order chi connectivity index (χ0) is 58.6. The van der Waals surface area contributed by atoms with Crippen molar-refractivity contribution in [1.82, 2.24) is 0 Å². The Morgan fingerprint density at radius 2 is 1.41 bits per heavy atom. The summed E-state index contributed by atoms with van der Waals surface area (Å²) in [5.41, 5.74) is 8.53. The lowest BCUT2D eigenvalue weighted by Crippen LogP contribution is -2.36. The standard InChI is InChI=1S/C66H80N2O12S2/c1-8-51(77-44(3)69)41-50(70)42-54-43-52(9-2)79-64(80-54)49-25-31-53(32-26-49)78-63-47(29-35-59-65(4,5)61-55-23-12-10-19-45(55)27-33-57(61)67(59)37-14-16-39-81(71,72)73)21-18-22-48(63)30-36-60-66(6,7)62-56-24-13-11-20-46(56)28-34-58(62)68(60)38-15-17-40-82(74,75)76/h10-13,19-20,23-36,50-52,54,64,70H,8-9,14-18,21-22,37-43H2,1-7H3,(H-,71,72,73,74,75,76)/p+1. The highest BCUT2D eigenvalue weighted by atomic mass is 32.2. The number of esters is 1. The van der Waals surface area contributed by atoms with Gasteiger partial charge in [-0.3, -0.25) is 13.9 Å². The number of hydrogen-bond donors (Lipinski definition) is 3. The van der Waals surface area contributed by atoms with Crippen LogP contribution in [0.2, 0.25) is 0 Å². The number of ether oxygens (including phenoxy) is 4. The third-order valence-corrected chi connectivity index (χ3v) is 18.4. The number of anilines is 1. The fourth-order valence-electron chi connectivity index (χ4n) is 12.8. The van der Waals surface area contributed by atoms with Crippen LogP contribution in [0.1, 0.15) is 148 Å². The minimum Gasteiger partial charge on any atom is -0.462 e. The van der Waals surface area contributed by atoms with Crippen LogP contribution in [-0.2, 0) is 50.1 Å². The zero-order valence-electron chi connectivity index (χ0n) is 48.5. The number of aliphatic hydroxyl groups excluding tert-OH is 1. The lowest BCUT2D eigenvalue weighted by molar-refractivity contribution is -0.438. The number of carbonyl (C=O) groups excluding carboxylic acids is 1. The van der Waals surface area contributed by atoms with Gasteiger partial charge in [-0.1, -0.05) is 101 Å². The molecular weight excluding hydrogens is 1080 g/mol. The summed E-state index contributed by atoms with van der Waals surface area (Å²) in [6.07, 6.45) is 13.3. The monoisotopic (exact) mass is 1160 g/mol. The summed E-state index contributed by atoms with van der Waals surface area (Å²) < 4.78 is 94.4. The summed E-state index contributed by atoms with van der Waals surface area (Å²) >= 11 is 0. The quantitative estimate of drug-likeness (QED) is 0.0243. The van der Waals surface area contributed by atoms with Gasteiger partial charge in [-0.2, -0.15) is 21.4 Å². The highest BCUT2D eigenvalue weighted by molar-refractivity contribution is 7.86. The molecule has 0 radical (unpaired) electrons. The number of unbranched alkanes of at least 4 members (excludes halogenated alkanes) is 2. The molecule has 3 aliphatic heterocycles. The molecule has 1 aliphatic carbocycles. The first-order valence-electron chi connectivity index (χ1n) is 29.2. The van der Waals surface area contributed by atoms with Gasteiger partial charge < -0.3 is 29.0 Å². The number of benzene rings is 5. The Labute approximate surface area is 484 Å². The molecule has 3 N–H and O–H groups in total. The van der Waals surface area contributed by atoms with Gasteiger partial charge in [0, 0.05) is 72.8 Å². The molecule has 14 nitrogen and oxygen atoms in total. The van der Waals surface area contributed by atoms with Gasteiger partial charge in [-0.25, -0.2) is 0 Å². The van der Waals surface area contributed by atoms with Crippen molar-refractivity contribution in [3.05, 3.63) is 161 Å². The molecule has 5 aromatic rings. The molecule has 0 bridgehead atoms. The number of nitrogens with zero attached hydrogens (tertiary/aromatic N) is 2. The lowest BCUT2D eigenvalue weighted by atomic mass is 9.78. The van der Waals surface area contributed by atoms with E-state index in [9.17, 15) is 35.8 Å². The van der Waals surface area contributed by atoms with Crippen LogP contribution in [0.4, 0.5) is 11.4 Å². The number of hydrogen-bond acceptors (Lipinski definition) is 11. The average molecular weight is 1160 g/mol. The summed E-state index contributed by atoms with van der Waals surface area (Å²) in [5, 5.41) is 15.7. The van der Waals surface area contributed by atoms with E-state index in [2.05, 4.69) is 129 Å². The molecule has 5 aromatic carbocycles. The Kier molecular flexibility index (Phi) is 18.8. The molecular formula is C66H81N2O12S2+. The van der Waals surface area contributed by atoms with Crippen LogP contribution < -0.4 is 9.64 Å². The smallest absolute Gasteiger partial charge is 0.302 e. The molecule has 0 aromatic heterocycles. The van der Waals surface area contributed by atoms with E-state index in [1.165, 1.54) is 18.1 Å². The normalized spacial score (nSPS) is 21.7. The van der Waals surface area contributed by atoms with Crippen molar-refractivity contribution < 1.29 is 59.4 Å². The van der Waals surface area contributed by atoms with E-state index < -0.39 is 43.5 Å². The summed E-state index contributed by atoms with van der Waals surface area (Å²) in [7, 11) is -8.24. The van der Waals surface area contributed by atoms with Crippen molar-refractivity contribution in [3.63, 3.8) is 0 Å². The number of allylic oxidation sites excluding steroid dienone is 7. The molecule has 82 heavy (non-hydrogen) atoms. The molecule has 0 amide bonds. The predicted molar refractivity (Wildman–Crippen MR) is 324 cm³/mol. The first-order valence-corrected chi connectivity index (χ1v) is 32.4. The van der Waals surface area contributed by atoms with Gasteiger partial charge in [-0.05, 0) is 146 Å². The molecule has 5 atom stereocenters. The van der Waals surface area contributed by atoms with Crippen molar-refractivity contribution >= 4 is 64.8 Å². The fraction of sp³-hybridized carbons (Fsp3) is 0.455. The van der Waals surface area contributed by atoms with Gasteiger partial charge in [-0.15, -0.1) is 0 Å². The summed E-state index contributed by atoms with van der Waals surface area (Å²) in [6.45, 7) is 15.4. The fourth-order valence-corrected chi connectivity index (χ4v) is 13.9. The maximum absolute atomic E-state index is 11.8. The van der Waals surface area contributed by atoms with Crippen LogP contribution in [0.5, 0.6) is 5.75 Å². The lowest BCUT2D eigenvalue weighted by Gasteiger charge is -2.36. The summed E-state index contributed by atoms with van der Waals surface area (Å²) in [4.78, 5) is 14.0. The molecule has 5 unspecified atom stereocenters. The molecule has 16 heteroatoms. The Morgan fingerprint density at radius 1 is 0.768 bits per heavy atom. The Bertz CT molecular complexity index is 3560. The van der Waals surface area contributed by atoms with Crippen LogP contribution in [0.3, 0.4) is 0 Å². The van der Waals surface area contributed by atoms with Crippen LogP contribution in [0, 0.1) is 0 Å². The number of rotatable bonds is 23. The third-order valence-electron chi connectivity index (χ3n) is 16.8. The van der Waals surface area contributed by atoms with E-state index in [0.29, 0.717) is 70.2 Å². The zero-order valence-corrected chi connectivity index (χ0v) is 50.1. The molecule has 1 fully saturated rings. The molecule has 0 saturated carbocycles. The molecule has 0 spiro atoms. The van der Waals surface area contributed by atoms with Crippen LogP contribution in [0.15, 0.2) is 144 Å². The third kappa shape index (κ3) is 14.0. The van der Waals surface area contributed by atoms with Crippen molar-refractivity contribution in [2.45, 2.75) is 167 Å². The minimum absolute atomic E-state index is 0.0864. The highest BCUT2D eigenvalue weighted by Crippen LogP contribution is 2.51. The van der Waals surface area contributed by atoms with E-state index in [1.807, 2.05) is 43.3 Å². The van der Waals surface area contributed by atoms with Gasteiger partial charge in [0.15, 0.2) is 12.0 Å². The van der Waals surface area contributed by atoms with Crippen molar-refractivity contribution in [2.75, 3.05) is 29.5 Å². The minimum atomic E-state index is -4.12. The van der Waals surface area contributed by atoms with E-state index in [-0.39, 0.29) is 35.8 Å². The number of carbonyl (C=O) groups is 1. The second-order valence-corrected chi connectivity index (χ2v) is 26.6. The Hall–Kier alpha value is -5.98. The predicted octanol–water partition coefficient (Wildman–Crippen LogP) is 13.5. The van der Waals surface area contributed by atoms with Gasteiger partial charge in [0.25, 0.3) is 20.2 Å². The second kappa shape index (κ2) is 25.5. The van der Waals surface area contributed by atoms with Crippen LogP contribution >= 0.6 is 0 Å². The largest absolute Gasteiger partial charge is 0.462 e. The highest BCUT2D eigenvalue weighted by Gasteiger charge is 2.46. The number of fused-ring (bicyclic) bond motifs is 6. The Morgan fingerprint density at radius 3 is 2.07 bits per heavy atom. The second-order valence-electron chi connectivity index (χ2n) is 23.5. The summed E-state index contributed by atoms with van der Waals surface area (Å²) in [6, 6.07) is 33.2. The average Bonchev–Trinajstić information content (AvgIpc) is 2.07. The number of aliphatic hydroxyl groups is 1. The van der Waals surface area contributed by atoms with Crippen molar-refractivity contribution in [2.24, 2.45) is 0 Å². The van der Waals surface area contributed by atoms with E-state index in [1.54, 1.807) is 0 Å².